The number of pyridine rings is 1. The summed E-state index contributed by atoms with van der Waals surface area (Å²) in [6, 6.07) is 9.51. The summed E-state index contributed by atoms with van der Waals surface area (Å²) in [6.07, 6.45) is 5.83. The van der Waals surface area contributed by atoms with E-state index in [9.17, 15) is 4.39 Å². The fraction of sp³-hybridized carbons (Fsp3) is 0.273. The van der Waals surface area contributed by atoms with Gasteiger partial charge in [-0.2, -0.15) is 5.10 Å². The molecule has 1 N–H and O–H groups in total. The number of hydrazone groups is 1. The van der Waals surface area contributed by atoms with Crippen LogP contribution in [0.1, 0.15) is 18.9 Å². The third kappa shape index (κ3) is 4.57. The fourth-order valence-corrected chi connectivity index (χ4v) is 3.00. The minimum absolute atomic E-state index is 0.0690. The summed E-state index contributed by atoms with van der Waals surface area (Å²) in [5, 5.41) is 4.27. The van der Waals surface area contributed by atoms with Crippen LogP contribution in [0, 0.1) is 12.8 Å². The highest BCUT2D eigenvalue weighted by molar-refractivity contribution is 5.69. The Morgan fingerprint density at radius 1 is 1.14 bits per heavy atom. The number of allylic oxidation sites excluding steroid dienone is 4. The van der Waals surface area contributed by atoms with Crippen molar-refractivity contribution in [2.24, 2.45) is 11.0 Å². The van der Waals surface area contributed by atoms with Crippen LogP contribution >= 0.6 is 0 Å². The maximum Gasteiger partial charge on any atom is 0.146 e. The summed E-state index contributed by atoms with van der Waals surface area (Å²) in [6.45, 7) is 3.76. The van der Waals surface area contributed by atoms with Crippen molar-refractivity contribution in [3.05, 3.63) is 59.4 Å². The number of anilines is 1. The summed E-state index contributed by atoms with van der Waals surface area (Å²) in [5.74, 6) is 1.94. The molecular weight excluding hydrogens is 357 g/mol. The van der Waals surface area contributed by atoms with Gasteiger partial charge in [-0.1, -0.05) is 12.1 Å². The molecule has 0 bridgehead atoms. The molecule has 6 heteroatoms. The van der Waals surface area contributed by atoms with Gasteiger partial charge >= 0.3 is 0 Å². The van der Waals surface area contributed by atoms with Crippen molar-refractivity contribution in [1.82, 2.24) is 4.98 Å². The lowest BCUT2D eigenvalue weighted by Crippen LogP contribution is -2.05. The van der Waals surface area contributed by atoms with Crippen LogP contribution in [0.4, 0.5) is 10.2 Å². The normalized spacial score (nSPS) is 16.5. The second-order valence-corrected chi connectivity index (χ2v) is 6.65. The molecule has 0 aliphatic heterocycles. The molecule has 1 aromatic carbocycles. The van der Waals surface area contributed by atoms with Crippen molar-refractivity contribution < 1.29 is 13.9 Å². The number of ether oxygens (including phenoxy) is 2. The van der Waals surface area contributed by atoms with E-state index in [0.29, 0.717) is 29.3 Å². The van der Waals surface area contributed by atoms with Crippen molar-refractivity contribution in [2.75, 3.05) is 19.6 Å². The molecule has 1 atom stereocenters. The molecule has 1 aliphatic rings. The van der Waals surface area contributed by atoms with Crippen LogP contribution in [0.25, 0.3) is 11.3 Å². The average Bonchev–Trinajstić information content (AvgIpc) is 2.71. The van der Waals surface area contributed by atoms with Crippen LogP contribution < -0.4 is 14.9 Å². The SMILES string of the molecule is COc1cc(OC)cc(-c2nc(N/N=C/C3C=C(C)C(F)=CC3)ccc2C)c1. The van der Waals surface area contributed by atoms with Gasteiger partial charge in [0.05, 0.1) is 19.9 Å². The van der Waals surface area contributed by atoms with E-state index in [1.165, 1.54) is 0 Å². The molecule has 3 rings (SSSR count). The molecule has 28 heavy (non-hydrogen) atoms. The lowest BCUT2D eigenvalue weighted by atomic mass is 9.97. The number of halogens is 1. The molecule has 0 saturated carbocycles. The number of nitrogens with one attached hydrogen (secondary N) is 1. The average molecular weight is 381 g/mol. The molecule has 1 heterocycles. The van der Waals surface area contributed by atoms with E-state index in [4.69, 9.17) is 9.47 Å². The summed E-state index contributed by atoms with van der Waals surface area (Å²) in [4.78, 5) is 4.68. The van der Waals surface area contributed by atoms with Gasteiger partial charge in [-0.3, -0.25) is 5.43 Å². The zero-order chi connectivity index (χ0) is 20.1. The molecule has 0 saturated heterocycles. The van der Waals surface area contributed by atoms with Crippen molar-refractivity contribution >= 4 is 12.0 Å². The number of nitrogens with zero attached hydrogens (tertiary/aromatic N) is 2. The molecule has 1 unspecified atom stereocenters. The summed E-state index contributed by atoms with van der Waals surface area (Å²) < 4.78 is 24.1. The third-order valence-electron chi connectivity index (χ3n) is 4.58. The summed E-state index contributed by atoms with van der Waals surface area (Å²) in [5.41, 5.74) is 6.34. The smallest absolute Gasteiger partial charge is 0.146 e. The van der Waals surface area contributed by atoms with Crippen molar-refractivity contribution in [2.45, 2.75) is 20.3 Å². The van der Waals surface area contributed by atoms with Crippen LogP contribution in [-0.2, 0) is 0 Å². The highest BCUT2D eigenvalue weighted by Gasteiger charge is 2.11. The Bertz CT molecular complexity index is 929. The number of methoxy groups -OCH3 is 2. The monoisotopic (exact) mass is 381 g/mol. The van der Waals surface area contributed by atoms with E-state index in [-0.39, 0.29) is 11.7 Å². The van der Waals surface area contributed by atoms with Crippen molar-refractivity contribution in [3.63, 3.8) is 0 Å². The van der Waals surface area contributed by atoms with Gasteiger partial charge in [0.2, 0.25) is 0 Å². The van der Waals surface area contributed by atoms with Crippen LogP contribution in [0.2, 0.25) is 0 Å². The van der Waals surface area contributed by atoms with Crippen LogP contribution in [0.3, 0.4) is 0 Å². The van der Waals surface area contributed by atoms with Gasteiger partial charge in [0, 0.05) is 23.8 Å². The van der Waals surface area contributed by atoms with Crippen molar-refractivity contribution in [1.29, 1.82) is 0 Å². The van der Waals surface area contributed by atoms with E-state index in [1.54, 1.807) is 33.4 Å². The molecule has 0 amide bonds. The van der Waals surface area contributed by atoms with Gasteiger partial charge < -0.3 is 9.47 Å². The largest absolute Gasteiger partial charge is 0.497 e. The van der Waals surface area contributed by atoms with Gasteiger partial charge in [0.25, 0.3) is 0 Å². The number of aryl methyl sites for hydroxylation is 1. The minimum atomic E-state index is -0.156. The number of aromatic nitrogens is 1. The Morgan fingerprint density at radius 3 is 2.50 bits per heavy atom. The molecule has 2 aromatic rings. The number of hydrogen-bond donors (Lipinski definition) is 1. The zero-order valence-corrected chi connectivity index (χ0v) is 16.5. The van der Waals surface area contributed by atoms with Gasteiger partial charge in [-0.25, -0.2) is 9.37 Å². The highest BCUT2D eigenvalue weighted by atomic mass is 19.1. The maximum atomic E-state index is 13.4. The second kappa shape index (κ2) is 8.69. The fourth-order valence-electron chi connectivity index (χ4n) is 3.00. The van der Waals surface area contributed by atoms with Gasteiger partial charge in [-0.05, 0) is 55.7 Å². The molecule has 0 spiro atoms. The first-order valence-electron chi connectivity index (χ1n) is 9.05. The predicted octanol–water partition coefficient (Wildman–Crippen LogP) is 5.29. The predicted molar refractivity (Wildman–Crippen MR) is 111 cm³/mol. The first-order chi connectivity index (χ1) is 13.5. The minimum Gasteiger partial charge on any atom is -0.497 e. The van der Waals surface area contributed by atoms with E-state index in [2.05, 4.69) is 15.5 Å². The Morgan fingerprint density at radius 2 is 1.86 bits per heavy atom. The topological polar surface area (TPSA) is 55.7 Å². The molecule has 5 nitrogen and oxygen atoms in total. The first-order valence-corrected chi connectivity index (χ1v) is 9.05. The number of benzene rings is 1. The van der Waals surface area contributed by atoms with Crippen LogP contribution in [0.15, 0.2) is 59.0 Å². The molecule has 1 aromatic heterocycles. The van der Waals surface area contributed by atoms with Crippen LogP contribution in [-0.4, -0.2) is 25.4 Å². The van der Waals surface area contributed by atoms with Gasteiger partial charge in [-0.15, -0.1) is 0 Å². The molecule has 0 fully saturated rings. The van der Waals surface area contributed by atoms with Gasteiger partial charge in [0.15, 0.2) is 0 Å². The first kappa shape index (κ1) is 19.6. The molecule has 1 aliphatic carbocycles. The molecule has 0 radical (unpaired) electrons. The Kier molecular flexibility index (Phi) is 6.09. The Balaban J connectivity index is 1.80. The van der Waals surface area contributed by atoms with E-state index in [0.717, 1.165) is 16.8 Å². The van der Waals surface area contributed by atoms with E-state index in [1.807, 2.05) is 43.3 Å². The quantitative estimate of drug-likeness (QED) is 0.545. The Hall–Kier alpha value is -3.15. The summed E-state index contributed by atoms with van der Waals surface area (Å²) >= 11 is 0. The maximum absolute atomic E-state index is 13.4. The van der Waals surface area contributed by atoms with Gasteiger partial charge in [0.1, 0.15) is 23.1 Å². The number of rotatable bonds is 6. The van der Waals surface area contributed by atoms with Crippen LogP contribution in [0.5, 0.6) is 11.5 Å². The second-order valence-electron chi connectivity index (χ2n) is 6.65. The van der Waals surface area contributed by atoms with E-state index >= 15 is 0 Å². The lowest BCUT2D eigenvalue weighted by molar-refractivity contribution is 0.394. The third-order valence-corrected chi connectivity index (χ3v) is 4.58. The van der Waals surface area contributed by atoms with Crippen molar-refractivity contribution in [3.8, 4) is 22.8 Å². The zero-order valence-electron chi connectivity index (χ0n) is 16.5. The standard InChI is InChI=1S/C22H24FN3O2/c1-14-5-8-21(26-24-13-16-6-7-20(23)15(2)9-16)25-22(14)17-10-18(27-3)12-19(11-17)28-4/h5,7-13,16H,6H2,1-4H3,(H,25,26)/b24-13+. The molecular formula is C22H24FN3O2. The Labute approximate surface area is 164 Å². The van der Waals surface area contributed by atoms with E-state index < -0.39 is 0 Å². The highest BCUT2D eigenvalue weighted by Crippen LogP contribution is 2.31. The molecule has 146 valence electrons. The number of hydrogen-bond acceptors (Lipinski definition) is 5. The summed E-state index contributed by atoms with van der Waals surface area (Å²) in [7, 11) is 3.24. The lowest BCUT2D eigenvalue weighted by Gasteiger charge is -2.12.